The fraction of sp³-hybridized carbons (Fsp3) is 1.00. The second-order valence-corrected chi connectivity index (χ2v) is 11.7. The summed E-state index contributed by atoms with van der Waals surface area (Å²) in [7, 11) is 0. The Morgan fingerprint density at radius 1 is 0.667 bits per heavy atom. The van der Waals surface area contributed by atoms with Crippen LogP contribution in [0.3, 0.4) is 0 Å². The van der Waals surface area contributed by atoms with Gasteiger partial charge in [-0.1, -0.05) is 6.92 Å². The molecule has 0 fully saturated rings. The maximum absolute atomic E-state index is 2.65. The summed E-state index contributed by atoms with van der Waals surface area (Å²) in [4.78, 5) is 0. The molecule has 2 radical (unpaired) electrons. The molecular formula is C13H27ISn. The number of unbranched alkanes of at least 4 members (excludes halogenated alkanes) is 10. The van der Waals surface area contributed by atoms with Gasteiger partial charge in [0.1, 0.15) is 0 Å². The van der Waals surface area contributed by atoms with E-state index in [1.807, 2.05) is 0 Å². The van der Waals surface area contributed by atoms with Crippen LogP contribution in [0.4, 0.5) is 0 Å². The van der Waals surface area contributed by atoms with E-state index >= 15 is 0 Å². The molecule has 0 N–H and O–H groups in total. The molecule has 0 unspecified atom stereocenters. The van der Waals surface area contributed by atoms with Crippen molar-refractivity contribution in [2.75, 3.05) is 0 Å². The molecule has 0 amide bonds. The third-order valence-electron chi connectivity index (χ3n) is 2.87. The number of rotatable bonds is 12. The van der Waals surface area contributed by atoms with Crippen LogP contribution in [0.2, 0.25) is 4.44 Å². The molecule has 0 aliphatic carbocycles. The van der Waals surface area contributed by atoms with Gasteiger partial charge in [0.05, 0.1) is 0 Å². The van der Waals surface area contributed by atoms with Crippen molar-refractivity contribution < 1.29 is 0 Å². The summed E-state index contributed by atoms with van der Waals surface area (Å²) in [6.07, 6.45) is 16.3. The van der Waals surface area contributed by atoms with Gasteiger partial charge >= 0.3 is 111 Å². The molecule has 0 saturated carbocycles. The first-order valence-corrected chi connectivity index (χ1v) is 17.1. The van der Waals surface area contributed by atoms with Gasteiger partial charge in [0.15, 0.2) is 0 Å². The third-order valence-corrected chi connectivity index (χ3v) is 8.04. The van der Waals surface area contributed by atoms with E-state index in [0.29, 0.717) is 0 Å². The minimum absolute atomic E-state index is 0.101. The van der Waals surface area contributed by atoms with Crippen LogP contribution in [0, 0.1) is 0 Å². The van der Waals surface area contributed by atoms with Crippen molar-refractivity contribution >= 4 is 35.8 Å². The minimum atomic E-state index is 0.101. The topological polar surface area (TPSA) is 0 Å². The number of halogens is 1. The fourth-order valence-electron chi connectivity index (χ4n) is 1.86. The Morgan fingerprint density at radius 3 is 1.47 bits per heavy atom. The van der Waals surface area contributed by atoms with Gasteiger partial charge in [-0.2, -0.15) is 0 Å². The predicted molar refractivity (Wildman–Crippen MR) is 81.0 cm³/mol. The second-order valence-electron chi connectivity index (χ2n) is 4.42. The second kappa shape index (κ2) is 15.5. The third kappa shape index (κ3) is 15.5. The van der Waals surface area contributed by atoms with Gasteiger partial charge in [-0.3, -0.25) is 0 Å². The fourth-order valence-corrected chi connectivity index (χ4v) is 5.51. The molecule has 0 nitrogen and oxygen atoms in total. The Balaban J connectivity index is 2.81. The molecule has 0 aromatic rings. The normalized spacial score (nSPS) is 10.8. The average molecular weight is 429 g/mol. The Bertz CT molecular complexity index is 94.7. The molecule has 0 aliphatic heterocycles. The summed E-state index contributed by atoms with van der Waals surface area (Å²) < 4.78 is 1.60. The maximum atomic E-state index is 2.65. The molecule has 0 spiro atoms. The van der Waals surface area contributed by atoms with Gasteiger partial charge in [0, 0.05) is 0 Å². The Labute approximate surface area is 117 Å². The van der Waals surface area contributed by atoms with E-state index in [1.54, 1.807) is 4.44 Å². The molecular weight excluding hydrogens is 402 g/mol. The first kappa shape index (κ1) is 16.5. The van der Waals surface area contributed by atoms with Gasteiger partial charge in [-0.25, -0.2) is 0 Å². The molecule has 0 heterocycles. The first-order valence-electron chi connectivity index (χ1n) is 6.75. The van der Waals surface area contributed by atoms with Gasteiger partial charge in [0.2, 0.25) is 0 Å². The van der Waals surface area contributed by atoms with Crippen LogP contribution in [0.25, 0.3) is 0 Å². The van der Waals surface area contributed by atoms with Crippen LogP contribution in [-0.4, -0.2) is 17.2 Å². The summed E-state index contributed by atoms with van der Waals surface area (Å²) in [5, 5.41) is 0. The zero-order valence-electron chi connectivity index (χ0n) is 10.4. The van der Waals surface area contributed by atoms with E-state index < -0.39 is 0 Å². The molecule has 15 heavy (non-hydrogen) atoms. The van der Waals surface area contributed by atoms with E-state index in [9.17, 15) is 0 Å². The van der Waals surface area contributed by atoms with E-state index in [-0.39, 0.29) is 17.2 Å². The molecule has 0 aromatic heterocycles. The van der Waals surface area contributed by atoms with Crippen molar-refractivity contribution in [2.24, 2.45) is 0 Å². The summed E-state index contributed by atoms with van der Waals surface area (Å²) in [6, 6.07) is 0. The zero-order valence-corrected chi connectivity index (χ0v) is 15.4. The summed E-state index contributed by atoms with van der Waals surface area (Å²) in [5.41, 5.74) is 0. The molecule has 0 aromatic carbocycles. The van der Waals surface area contributed by atoms with E-state index in [4.69, 9.17) is 0 Å². The number of hydrogen-bond donors (Lipinski definition) is 0. The predicted octanol–water partition coefficient (Wildman–Crippen LogP) is 5.77. The van der Waals surface area contributed by atoms with Crippen molar-refractivity contribution in [3.63, 3.8) is 0 Å². The summed E-state index contributed by atoms with van der Waals surface area (Å²) in [5.74, 6) is 0. The summed E-state index contributed by atoms with van der Waals surface area (Å²) >= 11 is 2.75. The Morgan fingerprint density at radius 2 is 1.07 bits per heavy atom. The van der Waals surface area contributed by atoms with Crippen LogP contribution in [0.5, 0.6) is 0 Å². The average Bonchev–Trinajstić information content (AvgIpc) is 2.26. The SMILES string of the molecule is CCCCCCCCCCCC[CH2][Sn][I]. The van der Waals surface area contributed by atoms with E-state index in [2.05, 4.69) is 25.6 Å². The van der Waals surface area contributed by atoms with Gasteiger partial charge < -0.3 is 0 Å². The van der Waals surface area contributed by atoms with Crippen molar-refractivity contribution in [1.82, 2.24) is 0 Å². The number of hydrogen-bond acceptors (Lipinski definition) is 0. The first-order chi connectivity index (χ1) is 7.41. The van der Waals surface area contributed by atoms with Crippen LogP contribution in [-0.2, 0) is 0 Å². The van der Waals surface area contributed by atoms with Crippen molar-refractivity contribution in [3.05, 3.63) is 0 Å². The molecule has 2 heteroatoms. The van der Waals surface area contributed by atoms with Gasteiger partial charge in [-0.15, -0.1) is 0 Å². The monoisotopic (exact) mass is 430 g/mol. The van der Waals surface area contributed by atoms with Crippen molar-refractivity contribution in [2.45, 2.75) is 82.0 Å². The molecule has 0 rings (SSSR count). The quantitative estimate of drug-likeness (QED) is 0.210. The van der Waals surface area contributed by atoms with Crippen LogP contribution >= 0.6 is 18.6 Å². The molecule has 0 atom stereocenters. The Hall–Kier alpha value is 1.53. The summed E-state index contributed by atoms with van der Waals surface area (Å²) in [6.45, 7) is 2.29. The van der Waals surface area contributed by atoms with Crippen LogP contribution < -0.4 is 0 Å². The standard InChI is InChI=1S/C13H27.HI.Sn/c1-3-5-7-9-11-13-12-10-8-6-4-2;;/h1,3-13H2,2H3;1H;/q;;+1/p-1. The van der Waals surface area contributed by atoms with E-state index in [1.165, 1.54) is 70.6 Å². The van der Waals surface area contributed by atoms with Crippen molar-refractivity contribution in [3.8, 4) is 0 Å². The van der Waals surface area contributed by atoms with Gasteiger partial charge in [-0.05, 0) is 0 Å². The van der Waals surface area contributed by atoms with E-state index in [0.717, 1.165) is 0 Å². The zero-order chi connectivity index (χ0) is 11.2. The van der Waals surface area contributed by atoms with Crippen molar-refractivity contribution in [1.29, 1.82) is 0 Å². The molecule has 0 saturated heterocycles. The molecule has 0 aliphatic rings. The van der Waals surface area contributed by atoms with Gasteiger partial charge in [0.25, 0.3) is 0 Å². The Kier molecular flexibility index (Phi) is 17.1. The molecule has 0 bridgehead atoms. The van der Waals surface area contributed by atoms with Crippen LogP contribution in [0.15, 0.2) is 0 Å². The van der Waals surface area contributed by atoms with Crippen LogP contribution in [0.1, 0.15) is 77.6 Å². The molecule has 90 valence electrons.